The fourth-order valence-electron chi connectivity index (χ4n) is 2.22. The Bertz CT molecular complexity index is 888. The number of hydrogen-bond acceptors (Lipinski definition) is 7. The zero-order chi connectivity index (χ0) is 20.7. The zero-order valence-corrected chi connectivity index (χ0v) is 17.3. The number of carbonyl (C=O) groups excluding carboxylic acids is 2. The summed E-state index contributed by atoms with van der Waals surface area (Å²) in [5.74, 6) is -0.448. The summed E-state index contributed by atoms with van der Waals surface area (Å²) in [7, 11) is 0. The van der Waals surface area contributed by atoms with E-state index in [4.69, 9.17) is 9.47 Å². The molecule has 0 bridgehead atoms. The van der Waals surface area contributed by atoms with Gasteiger partial charge in [0, 0.05) is 6.20 Å². The highest BCUT2D eigenvalue weighted by molar-refractivity contribution is 7.17. The number of anilines is 1. The molecule has 0 aliphatic carbocycles. The number of esters is 1. The molecule has 1 amide bonds. The lowest BCUT2D eigenvalue weighted by atomic mass is 10.2. The van der Waals surface area contributed by atoms with Crippen molar-refractivity contribution in [1.82, 2.24) is 9.55 Å². The standard InChI is InChI=1S/C19H25N3O5S/c1-5-9-26-14-7-6-8-22(17(14)24)10-15(23)21-19-20-13(4)16(28-19)18(25)27-11-12(2)3/h6-8,12H,5,9-11H2,1-4H3,(H,20,21,23). The minimum absolute atomic E-state index is 0.187. The van der Waals surface area contributed by atoms with E-state index in [-0.39, 0.29) is 28.9 Å². The minimum Gasteiger partial charge on any atom is -0.488 e. The average molecular weight is 407 g/mol. The van der Waals surface area contributed by atoms with Crippen LogP contribution in [0.25, 0.3) is 0 Å². The predicted molar refractivity (Wildman–Crippen MR) is 107 cm³/mol. The number of aromatic nitrogens is 2. The molecule has 0 saturated carbocycles. The third-order valence-electron chi connectivity index (χ3n) is 3.54. The molecule has 0 radical (unpaired) electrons. The van der Waals surface area contributed by atoms with Gasteiger partial charge in [-0.25, -0.2) is 9.78 Å². The molecule has 0 saturated heterocycles. The van der Waals surface area contributed by atoms with E-state index in [0.29, 0.717) is 23.8 Å². The first-order valence-electron chi connectivity index (χ1n) is 9.08. The molecule has 0 fully saturated rings. The maximum atomic E-state index is 12.3. The Labute approximate surface area is 167 Å². The van der Waals surface area contributed by atoms with Gasteiger partial charge in [-0.3, -0.25) is 9.59 Å². The van der Waals surface area contributed by atoms with Crippen molar-refractivity contribution in [2.45, 2.75) is 40.7 Å². The van der Waals surface area contributed by atoms with E-state index in [1.807, 2.05) is 20.8 Å². The van der Waals surface area contributed by atoms with Gasteiger partial charge in [-0.15, -0.1) is 0 Å². The number of rotatable bonds is 9. The molecule has 2 heterocycles. The topological polar surface area (TPSA) is 99.5 Å². The van der Waals surface area contributed by atoms with Crippen LogP contribution >= 0.6 is 11.3 Å². The van der Waals surface area contributed by atoms with Crippen molar-refractivity contribution in [1.29, 1.82) is 0 Å². The first-order valence-corrected chi connectivity index (χ1v) is 9.90. The predicted octanol–water partition coefficient (Wildman–Crippen LogP) is 2.85. The fraction of sp³-hybridized carbons (Fsp3) is 0.474. The minimum atomic E-state index is -0.457. The van der Waals surface area contributed by atoms with Gasteiger partial charge in [-0.2, -0.15) is 0 Å². The Morgan fingerprint density at radius 3 is 2.79 bits per heavy atom. The molecule has 8 nitrogen and oxygen atoms in total. The number of amides is 1. The highest BCUT2D eigenvalue weighted by Gasteiger charge is 2.18. The van der Waals surface area contributed by atoms with E-state index in [9.17, 15) is 14.4 Å². The first kappa shape index (κ1) is 21.6. The van der Waals surface area contributed by atoms with Gasteiger partial charge in [0.25, 0.3) is 5.56 Å². The number of pyridine rings is 1. The summed E-state index contributed by atoms with van der Waals surface area (Å²) in [5.41, 5.74) is 0.112. The van der Waals surface area contributed by atoms with Gasteiger partial charge in [0.1, 0.15) is 11.4 Å². The van der Waals surface area contributed by atoms with E-state index in [0.717, 1.165) is 17.8 Å². The van der Waals surface area contributed by atoms with Crippen LogP contribution in [0, 0.1) is 12.8 Å². The normalized spacial score (nSPS) is 10.8. The van der Waals surface area contributed by atoms with Crippen LogP contribution in [0.3, 0.4) is 0 Å². The Morgan fingerprint density at radius 2 is 2.11 bits per heavy atom. The second-order valence-electron chi connectivity index (χ2n) is 6.63. The molecule has 1 N–H and O–H groups in total. The lowest BCUT2D eigenvalue weighted by Crippen LogP contribution is -2.28. The molecule has 0 unspecified atom stereocenters. The number of hydrogen-bond donors (Lipinski definition) is 1. The summed E-state index contributed by atoms with van der Waals surface area (Å²) < 4.78 is 11.9. The lowest BCUT2D eigenvalue weighted by molar-refractivity contribution is -0.116. The van der Waals surface area contributed by atoms with Crippen LogP contribution in [0.5, 0.6) is 5.75 Å². The highest BCUT2D eigenvalue weighted by Crippen LogP contribution is 2.23. The number of carbonyl (C=O) groups is 2. The molecule has 0 aliphatic rings. The Balaban J connectivity index is 2.03. The molecular weight excluding hydrogens is 382 g/mol. The molecule has 0 spiro atoms. The van der Waals surface area contributed by atoms with Crippen LogP contribution in [0.15, 0.2) is 23.1 Å². The Kier molecular flexibility index (Phi) is 7.74. The second kappa shape index (κ2) is 10.0. The van der Waals surface area contributed by atoms with Gasteiger partial charge in [0.2, 0.25) is 5.91 Å². The van der Waals surface area contributed by atoms with E-state index < -0.39 is 11.9 Å². The largest absolute Gasteiger partial charge is 0.488 e. The Morgan fingerprint density at radius 1 is 1.36 bits per heavy atom. The molecule has 2 rings (SSSR count). The SMILES string of the molecule is CCCOc1cccn(CC(=O)Nc2nc(C)c(C(=O)OCC(C)C)s2)c1=O. The number of ether oxygens (including phenoxy) is 2. The van der Waals surface area contributed by atoms with Crippen LogP contribution in [-0.2, 0) is 16.1 Å². The molecule has 9 heteroatoms. The average Bonchev–Trinajstić information content (AvgIpc) is 3.00. The van der Waals surface area contributed by atoms with E-state index >= 15 is 0 Å². The molecule has 152 valence electrons. The van der Waals surface area contributed by atoms with Crippen molar-refractivity contribution >= 4 is 28.3 Å². The summed E-state index contributed by atoms with van der Waals surface area (Å²) in [6, 6.07) is 3.22. The van der Waals surface area contributed by atoms with Crippen LogP contribution in [0.2, 0.25) is 0 Å². The van der Waals surface area contributed by atoms with Crippen molar-refractivity contribution in [3.8, 4) is 5.75 Å². The second-order valence-corrected chi connectivity index (χ2v) is 7.63. The van der Waals surface area contributed by atoms with E-state index in [1.54, 1.807) is 19.1 Å². The lowest BCUT2D eigenvalue weighted by Gasteiger charge is -2.08. The van der Waals surface area contributed by atoms with Gasteiger partial charge in [0.15, 0.2) is 10.9 Å². The van der Waals surface area contributed by atoms with Crippen molar-refractivity contribution in [3.63, 3.8) is 0 Å². The molecule has 0 atom stereocenters. The molecule has 0 aliphatic heterocycles. The maximum Gasteiger partial charge on any atom is 0.350 e. The molecular formula is C19H25N3O5S. The summed E-state index contributed by atoms with van der Waals surface area (Å²) in [5, 5.41) is 2.90. The van der Waals surface area contributed by atoms with Crippen LogP contribution in [0.1, 0.15) is 42.6 Å². The van der Waals surface area contributed by atoms with Crippen molar-refractivity contribution in [2.75, 3.05) is 18.5 Å². The summed E-state index contributed by atoms with van der Waals surface area (Å²) >= 11 is 1.05. The third-order valence-corrected chi connectivity index (χ3v) is 4.59. The van der Waals surface area contributed by atoms with Gasteiger partial charge in [-0.05, 0) is 31.4 Å². The molecule has 0 aromatic carbocycles. The van der Waals surface area contributed by atoms with Gasteiger partial charge < -0.3 is 19.4 Å². The van der Waals surface area contributed by atoms with Crippen LogP contribution in [-0.4, -0.2) is 34.6 Å². The zero-order valence-electron chi connectivity index (χ0n) is 16.5. The van der Waals surface area contributed by atoms with E-state index in [1.165, 1.54) is 10.8 Å². The summed E-state index contributed by atoms with van der Waals surface area (Å²) in [4.78, 5) is 41.3. The highest BCUT2D eigenvalue weighted by atomic mass is 32.1. The quantitative estimate of drug-likeness (QED) is 0.642. The number of nitrogens with zero attached hydrogens (tertiary/aromatic N) is 2. The molecule has 2 aromatic rings. The van der Waals surface area contributed by atoms with Crippen molar-refractivity contribution < 1.29 is 19.1 Å². The smallest absolute Gasteiger partial charge is 0.350 e. The maximum absolute atomic E-state index is 12.3. The Hall–Kier alpha value is -2.68. The van der Waals surface area contributed by atoms with Crippen molar-refractivity contribution in [3.05, 3.63) is 39.3 Å². The van der Waals surface area contributed by atoms with Crippen LogP contribution < -0.4 is 15.6 Å². The monoisotopic (exact) mass is 407 g/mol. The molecule has 2 aromatic heterocycles. The number of thiazole rings is 1. The number of nitrogens with one attached hydrogen (secondary N) is 1. The third kappa shape index (κ3) is 5.91. The summed E-state index contributed by atoms with van der Waals surface area (Å²) in [6.07, 6.45) is 2.29. The molecule has 28 heavy (non-hydrogen) atoms. The van der Waals surface area contributed by atoms with E-state index in [2.05, 4.69) is 10.3 Å². The van der Waals surface area contributed by atoms with Gasteiger partial charge >= 0.3 is 5.97 Å². The summed E-state index contributed by atoms with van der Waals surface area (Å²) in [6.45, 7) is 8.07. The first-order chi connectivity index (χ1) is 13.3. The fourth-order valence-corrected chi connectivity index (χ4v) is 3.10. The van der Waals surface area contributed by atoms with Crippen LogP contribution in [0.4, 0.5) is 5.13 Å². The van der Waals surface area contributed by atoms with Gasteiger partial charge in [0.05, 0.1) is 18.9 Å². The van der Waals surface area contributed by atoms with Crippen molar-refractivity contribution in [2.24, 2.45) is 5.92 Å². The van der Waals surface area contributed by atoms with Gasteiger partial charge in [-0.1, -0.05) is 32.1 Å². The number of aryl methyl sites for hydroxylation is 1.